The standard InChI is InChI=1S/C26H21Cl2N3O4S/c1-33-22-13-17-20(14-23(22)34-2)29-9-8-21(17)35-25-18(27)11-16(12-19(25)28)30-26(36)31-24(32)10-15-6-4-3-5-7-15/h3-9,11-14H,10H2,1-2H3,(H2,30,31,32,36). The van der Waals surface area contributed by atoms with Crippen LogP contribution in [0.5, 0.6) is 23.0 Å². The van der Waals surface area contributed by atoms with E-state index < -0.39 is 0 Å². The second kappa shape index (κ2) is 11.4. The van der Waals surface area contributed by atoms with Gasteiger partial charge in [-0.25, -0.2) is 0 Å². The third-order valence-corrected chi connectivity index (χ3v) is 5.90. The Kier molecular flexibility index (Phi) is 8.10. The molecule has 0 aliphatic heterocycles. The average Bonchev–Trinajstić information content (AvgIpc) is 2.85. The molecule has 1 amide bonds. The Balaban J connectivity index is 1.50. The summed E-state index contributed by atoms with van der Waals surface area (Å²) in [4.78, 5) is 16.6. The summed E-state index contributed by atoms with van der Waals surface area (Å²) in [6.45, 7) is 0. The maximum absolute atomic E-state index is 12.3. The lowest BCUT2D eigenvalue weighted by molar-refractivity contribution is -0.119. The highest BCUT2D eigenvalue weighted by Gasteiger charge is 2.16. The van der Waals surface area contributed by atoms with Crippen LogP contribution in [0.25, 0.3) is 10.9 Å². The molecular weight excluding hydrogens is 521 g/mol. The van der Waals surface area contributed by atoms with Crippen LogP contribution in [-0.2, 0) is 11.2 Å². The van der Waals surface area contributed by atoms with Crippen molar-refractivity contribution >= 4 is 63.0 Å². The maximum atomic E-state index is 12.3. The molecule has 4 aromatic rings. The van der Waals surface area contributed by atoms with Gasteiger partial charge in [-0.3, -0.25) is 9.78 Å². The number of nitrogens with zero attached hydrogens (tertiary/aromatic N) is 1. The van der Waals surface area contributed by atoms with Gasteiger partial charge in [-0.1, -0.05) is 53.5 Å². The molecule has 0 spiro atoms. The van der Waals surface area contributed by atoms with Gasteiger partial charge in [0.2, 0.25) is 5.91 Å². The second-order valence-electron chi connectivity index (χ2n) is 7.57. The number of hydrogen-bond acceptors (Lipinski definition) is 6. The summed E-state index contributed by atoms with van der Waals surface area (Å²) in [6.07, 6.45) is 1.81. The van der Waals surface area contributed by atoms with E-state index >= 15 is 0 Å². The van der Waals surface area contributed by atoms with E-state index in [0.29, 0.717) is 33.8 Å². The zero-order valence-electron chi connectivity index (χ0n) is 19.3. The third-order valence-electron chi connectivity index (χ3n) is 5.14. The number of ether oxygens (including phenoxy) is 3. The molecule has 1 aromatic heterocycles. The molecule has 0 bridgehead atoms. The van der Waals surface area contributed by atoms with E-state index in [4.69, 9.17) is 49.6 Å². The topological polar surface area (TPSA) is 81.7 Å². The molecule has 10 heteroatoms. The van der Waals surface area contributed by atoms with Crippen molar-refractivity contribution in [3.05, 3.63) is 82.5 Å². The molecule has 2 N–H and O–H groups in total. The van der Waals surface area contributed by atoms with Crippen LogP contribution >= 0.6 is 35.4 Å². The van der Waals surface area contributed by atoms with E-state index in [9.17, 15) is 4.79 Å². The first-order chi connectivity index (χ1) is 17.4. The van der Waals surface area contributed by atoms with Crippen LogP contribution in [0.3, 0.4) is 0 Å². The number of anilines is 1. The Morgan fingerprint density at radius 2 is 1.61 bits per heavy atom. The van der Waals surface area contributed by atoms with Crippen molar-refractivity contribution in [1.29, 1.82) is 0 Å². The molecule has 36 heavy (non-hydrogen) atoms. The quantitative estimate of drug-likeness (QED) is 0.261. The van der Waals surface area contributed by atoms with E-state index in [2.05, 4.69) is 15.6 Å². The van der Waals surface area contributed by atoms with Crippen LogP contribution in [0.4, 0.5) is 5.69 Å². The smallest absolute Gasteiger partial charge is 0.230 e. The van der Waals surface area contributed by atoms with Gasteiger partial charge in [0.15, 0.2) is 22.4 Å². The number of nitrogens with one attached hydrogen (secondary N) is 2. The fourth-order valence-corrected chi connectivity index (χ4v) is 4.29. The number of methoxy groups -OCH3 is 2. The van der Waals surface area contributed by atoms with E-state index in [1.54, 1.807) is 50.7 Å². The minimum Gasteiger partial charge on any atom is -0.493 e. The Hall–Kier alpha value is -3.59. The molecule has 0 aliphatic carbocycles. The van der Waals surface area contributed by atoms with Crippen LogP contribution in [0.2, 0.25) is 10.0 Å². The molecule has 0 unspecified atom stereocenters. The lowest BCUT2D eigenvalue weighted by Crippen LogP contribution is -2.35. The summed E-state index contributed by atoms with van der Waals surface area (Å²) in [5, 5.41) is 6.87. The number of hydrogen-bond donors (Lipinski definition) is 2. The molecule has 3 aromatic carbocycles. The number of amides is 1. The predicted octanol–water partition coefficient (Wildman–Crippen LogP) is 6.41. The first-order valence-corrected chi connectivity index (χ1v) is 11.9. The van der Waals surface area contributed by atoms with Gasteiger partial charge in [-0.2, -0.15) is 0 Å². The molecule has 0 saturated heterocycles. The molecule has 0 atom stereocenters. The molecule has 0 fully saturated rings. The van der Waals surface area contributed by atoms with Gasteiger partial charge in [0, 0.05) is 23.3 Å². The SMILES string of the molecule is COc1cc2nccc(Oc3c(Cl)cc(NC(=S)NC(=O)Cc4ccccc4)cc3Cl)c2cc1OC. The molecule has 0 saturated carbocycles. The highest BCUT2D eigenvalue weighted by Crippen LogP contribution is 2.42. The maximum Gasteiger partial charge on any atom is 0.230 e. The minimum absolute atomic E-state index is 0.123. The molecule has 0 radical (unpaired) electrons. The van der Waals surface area contributed by atoms with Crippen LogP contribution in [0.15, 0.2) is 66.9 Å². The van der Waals surface area contributed by atoms with Gasteiger partial charge in [0.05, 0.1) is 36.2 Å². The Morgan fingerprint density at radius 3 is 2.28 bits per heavy atom. The fourth-order valence-electron chi connectivity index (χ4n) is 3.49. The van der Waals surface area contributed by atoms with E-state index in [1.165, 1.54) is 0 Å². The van der Waals surface area contributed by atoms with Crippen LogP contribution in [0, 0.1) is 0 Å². The number of carbonyl (C=O) groups is 1. The molecule has 4 rings (SSSR count). The summed E-state index contributed by atoms with van der Waals surface area (Å²) < 4.78 is 16.8. The predicted molar refractivity (Wildman–Crippen MR) is 146 cm³/mol. The first-order valence-electron chi connectivity index (χ1n) is 10.7. The largest absolute Gasteiger partial charge is 0.493 e. The average molecular weight is 542 g/mol. The van der Waals surface area contributed by atoms with Crippen LogP contribution in [0.1, 0.15) is 5.56 Å². The Labute approximate surface area is 223 Å². The van der Waals surface area contributed by atoms with Gasteiger partial charge in [0.1, 0.15) is 5.75 Å². The van der Waals surface area contributed by atoms with Crippen molar-refractivity contribution in [3.8, 4) is 23.0 Å². The molecule has 1 heterocycles. The highest BCUT2D eigenvalue weighted by molar-refractivity contribution is 7.80. The summed E-state index contributed by atoms with van der Waals surface area (Å²) in [7, 11) is 3.11. The summed E-state index contributed by atoms with van der Waals surface area (Å²) in [5.74, 6) is 1.57. The number of aromatic nitrogens is 1. The normalized spacial score (nSPS) is 10.6. The van der Waals surface area contributed by atoms with Gasteiger partial charge in [-0.05, 0) is 42.0 Å². The number of benzene rings is 3. The summed E-state index contributed by atoms with van der Waals surface area (Å²) in [6, 6.07) is 17.8. The fraction of sp³-hybridized carbons (Fsp3) is 0.115. The van der Waals surface area contributed by atoms with Crippen LogP contribution < -0.4 is 24.8 Å². The van der Waals surface area contributed by atoms with Crippen molar-refractivity contribution in [2.24, 2.45) is 0 Å². The third kappa shape index (κ3) is 5.96. The zero-order chi connectivity index (χ0) is 25.7. The van der Waals surface area contributed by atoms with Gasteiger partial charge in [-0.15, -0.1) is 0 Å². The van der Waals surface area contributed by atoms with Crippen molar-refractivity contribution in [2.45, 2.75) is 6.42 Å². The summed E-state index contributed by atoms with van der Waals surface area (Å²) in [5.41, 5.74) is 2.02. The number of halogens is 2. The first kappa shape index (κ1) is 25.5. The Morgan fingerprint density at radius 1 is 0.944 bits per heavy atom. The van der Waals surface area contributed by atoms with Crippen molar-refractivity contribution in [2.75, 3.05) is 19.5 Å². The lowest BCUT2D eigenvalue weighted by Gasteiger charge is -2.15. The van der Waals surface area contributed by atoms with E-state index in [-0.39, 0.29) is 33.2 Å². The van der Waals surface area contributed by atoms with Gasteiger partial charge >= 0.3 is 0 Å². The zero-order valence-corrected chi connectivity index (χ0v) is 21.6. The summed E-state index contributed by atoms with van der Waals surface area (Å²) >= 11 is 18.3. The van der Waals surface area contributed by atoms with E-state index in [1.807, 2.05) is 30.3 Å². The Bertz CT molecular complexity index is 1410. The number of fused-ring (bicyclic) bond motifs is 1. The molecule has 0 aliphatic rings. The number of thiocarbonyl (C=S) groups is 1. The lowest BCUT2D eigenvalue weighted by atomic mass is 10.1. The second-order valence-corrected chi connectivity index (χ2v) is 8.79. The number of pyridine rings is 1. The highest BCUT2D eigenvalue weighted by atomic mass is 35.5. The van der Waals surface area contributed by atoms with Crippen LogP contribution in [-0.4, -0.2) is 30.2 Å². The van der Waals surface area contributed by atoms with Crippen molar-refractivity contribution in [3.63, 3.8) is 0 Å². The molecule has 184 valence electrons. The minimum atomic E-state index is -0.243. The van der Waals surface area contributed by atoms with Crippen molar-refractivity contribution < 1.29 is 19.0 Å². The number of carbonyl (C=O) groups excluding carboxylic acids is 1. The monoisotopic (exact) mass is 541 g/mol. The number of rotatable bonds is 7. The molecular formula is C26H21Cl2N3O4S. The van der Waals surface area contributed by atoms with Gasteiger partial charge in [0.25, 0.3) is 0 Å². The van der Waals surface area contributed by atoms with Crippen molar-refractivity contribution in [1.82, 2.24) is 10.3 Å². The van der Waals surface area contributed by atoms with Gasteiger partial charge < -0.3 is 24.8 Å². The van der Waals surface area contributed by atoms with E-state index in [0.717, 1.165) is 5.56 Å². The molecule has 7 nitrogen and oxygen atoms in total.